The van der Waals surface area contributed by atoms with E-state index >= 15 is 0 Å². The normalized spacial score (nSPS) is 13.8. The summed E-state index contributed by atoms with van der Waals surface area (Å²) >= 11 is 0. The lowest BCUT2D eigenvalue weighted by Gasteiger charge is -2.29. The van der Waals surface area contributed by atoms with Crippen LogP contribution in [-0.2, 0) is 25.8 Å². The molecule has 0 N–H and O–H groups in total. The van der Waals surface area contributed by atoms with Crippen LogP contribution in [0.2, 0.25) is 0 Å². The standard InChI is InChI=1S/C19H19NO5S/c1-26(23,24)17-11-5-3-9-15(17)19(22)25-13-18(21)20-12-6-8-14-7-2-4-10-16(14)20/h2-5,7,9-11H,6,8,12-13H2,1H3. The van der Waals surface area contributed by atoms with E-state index in [4.69, 9.17) is 4.74 Å². The molecule has 2 aromatic rings. The minimum absolute atomic E-state index is 0.0677. The zero-order valence-corrected chi connectivity index (χ0v) is 15.2. The van der Waals surface area contributed by atoms with Gasteiger partial charge in [0.1, 0.15) is 0 Å². The molecule has 0 aromatic heterocycles. The lowest BCUT2D eigenvalue weighted by Crippen LogP contribution is -2.38. The molecule has 26 heavy (non-hydrogen) atoms. The van der Waals surface area contributed by atoms with E-state index in [9.17, 15) is 18.0 Å². The van der Waals surface area contributed by atoms with Crippen LogP contribution >= 0.6 is 0 Å². The number of benzene rings is 2. The smallest absolute Gasteiger partial charge is 0.339 e. The van der Waals surface area contributed by atoms with Crippen molar-refractivity contribution in [1.82, 2.24) is 0 Å². The Morgan fingerprint density at radius 1 is 1.08 bits per heavy atom. The fraction of sp³-hybridized carbons (Fsp3) is 0.263. The Morgan fingerprint density at radius 2 is 1.77 bits per heavy atom. The molecular formula is C19H19NO5S. The molecule has 0 aliphatic carbocycles. The fourth-order valence-electron chi connectivity index (χ4n) is 3.03. The van der Waals surface area contributed by atoms with Gasteiger partial charge in [-0.2, -0.15) is 0 Å². The zero-order chi connectivity index (χ0) is 18.7. The number of anilines is 1. The second kappa shape index (κ2) is 7.29. The number of amides is 1. The third-order valence-electron chi connectivity index (χ3n) is 4.24. The summed E-state index contributed by atoms with van der Waals surface area (Å²) in [6.07, 6.45) is 2.77. The predicted octanol–water partition coefficient (Wildman–Crippen LogP) is 2.23. The van der Waals surface area contributed by atoms with Crippen molar-refractivity contribution in [2.75, 3.05) is 24.3 Å². The topological polar surface area (TPSA) is 80.7 Å². The summed E-state index contributed by atoms with van der Waals surface area (Å²) in [6, 6.07) is 13.4. The summed E-state index contributed by atoms with van der Waals surface area (Å²) in [4.78, 5) is 26.3. The van der Waals surface area contributed by atoms with Crippen LogP contribution in [0, 0.1) is 0 Å². The number of fused-ring (bicyclic) bond motifs is 1. The van der Waals surface area contributed by atoms with Gasteiger partial charge in [-0.25, -0.2) is 13.2 Å². The summed E-state index contributed by atoms with van der Waals surface area (Å²) in [6.45, 7) is 0.124. The average Bonchev–Trinajstić information content (AvgIpc) is 2.64. The fourth-order valence-corrected chi connectivity index (χ4v) is 3.91. The summed E-state index contributed by atoms with van der Waals surface area (Å²) in [7, 11) is -3.57. The van der Waals surface area contributed by atoms with E-state index in [1.807, 2.05) is 24.3 Å². The molecule has 136 valence electrons. The van der Waals surface area contributed by atoms with E-state index in [-0.39, 0.29) is 16.4 Å². The Kier molecular flexibility index (Phi) is 5.08. The molecule has 0 spiro atoms. The average molecular weight is 373 g/mol. The van der Waals surface area contributed by atoms with E-state index in [2.05, 4.69) is 0 Å². The van der Waals surface area contributed by atoms with Crippen LogP contribution in [0.1, 0.15) is 22.3 Å². The molecule has 0 bridgehead atoms. The van der Waals surface area contributed by atoms with Crippen molar-refractivity contribution >= 4 is 27.4 Å². The summed E-state index contributed by atoms with van der Waals surface area (Å²) in [5, 5.41) is 0. The number of sulfone groups is 1. The van der Waals surface area contributed by atoms with Gasteiger partial charge in [-0.3, -0.25) is 4.79 Å². The number of hydrogen-bond donors (Lipinski definition) is 0. The van der Waals surface area contributed by atoms with Gasteiger partial charge in [-0.15, -0.1) is 0 Å². The van der Waals surface area contributed by atoms with Gasteiger partial charge in [0.15, 0.2) is 16.4 Å². The SMILES string of the molecule is CS(=O)(=O)c1ccccc1C(=O)OCC(=O)N1CCCc2ccccc21. The Morgan fingerprint density at radius 3 is 2.54 bits per heavy atom. The van der Waals surface area contributed by atoms with E-state index in [1.165, 1.54) is 18.2 Å². The zero-order valence-electron chi connectivity index (χ0n) is 14.3. The number of aryl methyl sites for hydroxylation is 1. The van der Waals surface area contributed by atoms with Crippen molar-refractivity contribution in [3.8, 4) is 0 Å². The van der Waals surface area contributed by atoms with Crippen LogP contribution < -0.4 is 4.90 Å². The van der Waals surface area contributed by atoms with Crippen molar-refractivity contribution in [3.63, 3.8) is 0 Å². The van der Waals surface area contributed by atoms with Gasteiger partial charge in [0.2, 0.25) is 0 Å². The molecule has 6 nitrogen and oxygen atoms in total. The Labute approximate surface area is 152 Å². The number of para-hydroxylation sites is 1. The molecule has 2 aromatic carbocycles. The Bertz CT molecular complexity index is 952. The van der Waals surface area contributed by atoms with Crippen molar-refractivity contribution in [3.05, 3.63) is 59.7 Å². The molecule has 0 unspecified atom stereocenters. The number of carbonyl (C=O) groups excluding carboxylic acids is 2. The van der Waals surface area contributed by atoms with Gasteiger partial charge in [0, 0.05) is 18.5 Å². The molecular weight excluding hydrogens is 354 g/mol. The van der Waals surface area contributed by atoms with E-state index in [1.54, 1.807) is 11.0 Å². The Balaban J connectivity index is 1.73. The molecule has 1 aliphatic rings. The van der Waals surface area contributed by atoms with E-state index < -0.39 is 22.4 Å². The molecule has 0 fully saturated rings. The van der Waals surface area contributed by atoms with Crippen molar-refractivity contribution in [2.45, 2.75) is 17.7 Å². The number of ether oxygens (including phenoxy) is 1. The van der Waals surface area contributed by atoms with E-state index in [0.717, 1.165) is 30.3 Å². The predicted molar refractivity (Wildman–Crippen MR) is 97.0 cm³/mol. The second-order valence-corrected chi connectivity index (χ2v) is 8.11. The van der Waals surface area contributed by atoms with Gasteiger partial charge in [0.05, 0.1) is 10.5 Å². The molecule has 0 atom stereocenters. The highest BCUT2D eigenvalue weighted by molar-refractivity contribution is 7.90. The number of carbonyl (C=O) groups is 2. The first-order valence-electron chi connectivity index (χ1n) is 8.22. The third kappa shape index (κ3) is 3.77. The van der Waals surface area contributed by atoms with Crippen LogP contribution in [0.15, 0.2) is 53.4 Å². The second-order valence-electron chi connectivity index (χ2n) is 6.12. The first-order valence-corrected chi connectivity index (χ1v) is 10.1. The lowest BCUT2D eigenvalue weighted by atomic mass is 10.0. The van der Waals surface area contributed by atoms with Crippen LogP contribution in [0.25, 0.3) is 0 Å². The highest BCUT2D eigenvalue weighted by atomic mass is 32.2. The molecule has 0 radical (unpaired) electrons. The molecule has 1 heterocycles. The monoisotopic (exact) mass is 373 g/mol. The Hall–Kier alpha value is -2.67. The summed E-state index contributed by atoms with van der Waals surface area (Å²) in [5.41, 5.74) is 1.85. The highest BCUT2D eigenvalue weighted by Gasteiger charge is 2.24. The highest BCUT2D eigenvalue weighted by Crippen LogP contribution is 2.26. The summed E-state index contributed by atoms with van der Waals surface area (Å²) < 4.78 is 28.7. The first-order chi connectivity index (χ1) is 12.4. The minimum atomic E-state index is -3.57. The minimum Gasteiger partial charge on any atom is -0.452 e. The maximum atomic E-state index is 12.5. The van der Waals surface area contributed by atoms with Gasteiger partial charge in [-0.1, -0.05) is 30.3 Å². The number of rotatable bonds is 4. The van der Waals surface area contributed by atoms with Crippen LogP contribution in [-0.4, -0.2) is 39.7 Å². The number of esters is 1. The van der Waals surface area contributed by atoms with Crippen LogP contribution in [0.3, 0.4) is 0 Å². The maximum Gasteiger partial charge on any atom is 0.339 e. The van der Waals surface area contributed by atoms with Gasteiger partial charge in [-0.05, 0) is 36.6 Å². The molecule has 1 aliphatic heterocycles. The van der Waals surface area contributed by atoms with Gasteiger partial charge >= 0.3 is 5.97 Å². The lowest BCUT2D eigenvalue weighted by molar-refractivity contribution is -0.121. The third-order valence-corrected chi connectivity index (χ3v) is 5.40. The van der Waals surface area contributed by atoms with Crippen LogP contribution in [0.5, 0.6) is 0 Å². The van der Waals surface area contributed by atoms with Gasteiger partial charge < -0.3 is 9.64 Å². The van der Waals surface area contributed by atoms with Gasteiger partial charge in [0.25, 0.3) is 5.91 Å². The molecule has 3 rings (SSSR count). The molecule has 0 saturated heterocycles. The quantitative estimate of drug-likeness (QED) is 0.768. The number of hydrogen-bond acceptors (Lipinski definition) is 5. The van der Waals surface area contributed by atoms with E-state index in [0.29, 0.717) is 6.54 Å². The summed E-state index contributed by atoms with van der Waals surface area (Å²) in [5.74, 6) is -1.16. The maximum absolute atomic E-state index is 12.5. The van der Waals surface area contributed by atoms with Crippen molar-refractivity contribution in [2.24, 2.45) is 0 Å². The van der Waals surface area contributed by atoms with Crippen LogP contribution in [0.4, 0.5) is 5.69 Å². The number of nitrogens with zero attached hydrogens (tertiary/aromatic N) is 1. The molecule has 7 heteroatoms. The molecule has 1 amide bonds. The largest absolute Gasteiger partial charge is 0.452 e. The van der Waals surface area contributed by atoms with Crippen molar-refractivity contribution in [1.29, 1.82) is 0 Å². The van der Waals surface area contributed by atoms with Crippen molar-refractivity contribution < 1.29 is 22.7 Å². The molecule has 0 saturated carbocycles. The first kappa shape index (κ1) is 18.1.